The third kappa shape index (κ3) is 3.80. The zero-order chi connectivity index (χ0) is 16.2. The van der Waals surface area contributed by atoms with E-state index in [-0.39, 0.29) is 5.91 Å². The second kappa shape index (κ2) is 7.24. The van der Waals surface area contributed by atoms with Crippen molar-refractivity contribution in [3.05, 3.63) is 63.6 Å². The topological polar surface area (TPSA) is 32.3 Å². The van der Waals surface area contributed by atoms with Crippen molar-refractivity contribution in [2.24, 2.45) is 0 Å². The van der Waals surface area contributed by atoms with Crippen LogP contribution < -0.4 is 5.32 Å². The first-order valence-electron chi connectivity index (χ1n) is 7.67. The predicted octanol–water partition coefficient (Wildman–Crippen LogP) is 4.38. The highest BCUT2D eigenvalue weighted by molar-refractivity contribution is 6.43. The molecule has 0 radical (unpaired) electrons. The fraction of sp³-hybridized carbons (Fsp3) is 0.278. The molecule has 1 N–H and O–H groups in total. The lowest BCUT2D eigenvalue weighted by Crippen LogP contribution is -2.36. The third-order valence-corrected chi connectivity index (χ3v) is 4.91. The van der Waals surface area contributed by atoms with Crippen molar-refractivity contribution in [1.29, 1.82) is 0 Å². The average molecular weight is 349 g/mol. The van der Waals surface area contributed by atoms with Gasteiger partial charge in [-0.15, -0.1) is 0 Å². The monoisotopic (exact) mass is 348 g/mol. The van der Waals surface area contributed by atoms with Gasteiger partial charge in [0.25, 0.3) is 0 Å². The summed E-state index contributed by atoms with van der Waals surface area (Å²) in [6, 6.07) is 13.7. The molecule has 5 heteroatoms. The van der Waals surface area contributed by atoms with Crippen molar-refractivity contribution < 1.29 is 4.79 Å². The molecule has 3 rings (SSSR count). The number of fused-ring (bicyclic) bond motifs is 1. The summed E-state index contributed by atoms with van der Waals surface area (Å²) in [7, 11) is 0. The van der Waals surface area contributed by atoms with E-state index in [2.05, 4.69) is 23.5 Å². The van der Waals surface area contributed by atoms with Gasteiger partial charge in [0.15, 0.2) is 0 Å². The minimum atomic E-state index is 0.158. The number of carbonyl (C=O) groups excluding carboxylic acids is 1. The minimum Gasteiger partial charge on any atom is -0.383 e. The van der Waals surface area contributed by atoms with E-state index in [9.17, 15) is 4.79 Å². The van der Waals surface area contributed by atoms with Gasteiger partial charge in [0.1, 0.15) is 0 Å². The van der Waals surface area contributed by atoms with E-state index in [1.807, 2.05) is 23.1 Å². The Morgan fingerprint density at radius 3 is 2.70 bits per heavy atom. The van der Waals surface area contributed by atoms with Crippen molar-refractivity contribution in [2.45, 2.75) is 19.4 Å². The normalized spacial score (nSPS) is 13.6. The number of nitrogens with one attached hydrogen (secondary N) is 1. The molecule has 23 heavy (non-hydrogen) atoms. The van der Waals surface area contributed by atoms with Gasteiger partial charge in [-0.3, -0.25) is 4.79 Å². The van der Waals surface area contributed by atoms with Crippen molar-refractivity contribution in [3.63, 3.8) is 0 Å². The molecule has 2 aromatic rings. The van der Waals surface area contributed by atoms with Crippen LogP contribution in [0, 0.1) is 0 Å². The van der Waals surface area contributed by atoms with Gasteiger partial charge in [0.2, 0.25) is 5.91 Å². The van der Waals surface area contributed by atoms with Crippen LogP contribution >= 0.6 is 23.2 Å². The van der Waals surface area contributed by atoms with Gasteiger partial charge >= 0.3 is 0 Å². The van der Waals surface area contributed by atoms with Crippen molar-refractivity contribution in [2.75, 3.05) is 18.4 Å². The Hall–Kier alpha value is -1.71. The maximum Gasteiger partial charge on any atom is 0.224 e. The molecule has 0 spiro atoms. The Morgan fingerprint density at radius 1 is 1.09 bits per heavy atom. The van der Waals surface area contributed by atoms with Crippen LogP contribution in [0.5, 0.6) is 0 Å². The Balaban J connectivity index is 1.53. The average Bonchev–Trinajstić information content (AvgIpc) is 2.58. The number of benzene rings is 2. The second-order valence-corrected chi connectivity index (χ2v) is 6.40. The maximum atomic E-state index is 12.4. The smallest absolute Gasteiger partial charge is 0.224 e. The first-order chi connectivity index (χ1) is 11.1. The number of hydrogen-bond donors (Lipinski definition) is 1. The molecule has 0 aliphatic carbocycles. The summed E-state index contributed by atoms with van der Waals surface area (Å²) in [6.07, 6.45) is 1.36. The van der Waals surface area contributed by atoms with Gasteiger partial charge in [-0.05, 0) is 29.7 Å². The number of rotatable bonds is 4. The summed E-state index contributed by atoms with van der Waals surface area (Å²) in [5.74, 6) is 0.158. The van der Waals surface area contributed by atoms with Gasteiger partial charge in [-0.2, -0.15) is 0 Å². The van der Waals surface area contributed by atoms with Crippen molar-refractivity contribution in [1.82, 2.24) is 4.90 Å². The highest BCUT2D eigenvalue weighted by atomic mass is 35.5. The Kier molecular flexibility index (Phi) is 5.09. The lowest BCUT2D eigenvalue weighted by Gasteiger charge is -2.29. The third-order valence-electron chi connectivity index (χ3n) is 4.09. The number of hydrogen-bond acceptors (Lipinski definition) is 2. The van der Waals surface area contributed by atoms with Crippen LogP contribution in [-0.2, 0) is 17.8 Å². The lowest BCUT2D eigenvalue weighted by molar-refractivity contribution is -0.131. The summed E-state index contributed by atoms with van der Waals surface area (Å²) >= 11 is 12.1. The molecule has 0 atom stereocenters. The first-order valence-corrected chi connectivity index (χ1v) is 8.43. The SMILES string of the molecule is O=C(CCNc1cccc(Cl)c1Cl)N1CCc2ccccc2C1. The van der Waals surface area contributed by atoms with Crippen LogP contribution in [0.4, 0.5) is 5.69 Å². The molecule has 0 unspecified atom stereocenters. The van der Waals surface area contributed by atoms with Crippen LogP contribution in [0.1, 0.15) is 17.5 Å². The lowest BCUT2D eigenvalue weighted by atomic mass is 10.00. The molecule has 3 nitrogen and oxygen atoms in total. The molecule has 2 aromatic carbocycles. The fourth-order valence-electron chi connectivity index (χ4n) is 2.81. The largest absolute Gasteiger partial charge is 0.383 e. The van der Waals surface area contributed by atoms with E-state index in [0.29, 0.717) is 29.6 Å². The van der Waals surface area contributed by atoms with Gasteiger partial charge < -0.3 is 10.2 Å². The number of amides is 1. The summed E-state index contributed by atoms with van der Waals surface area (Å²) in [6.45, 7) is 2.03. The van der Waals surface area contributed by atoms with Crippen molar-refractivity contribution >= 4 is 34.8 Å². The zero-order valence-electron chi connectivity index (χ0n) is 12.7. The van der Waals surface area contributed by atoms with E-state index < -0.39 is 0 Å². The standard InChI is InChI=1S/C18H18Cl2N2O/c19-15-6-3-7-16(18(15)20)21-10-8-17(23)22-11-9-13-4-1-2-5-14(13)12-22/h1-7,21H,8-12H2. The molecule has 0 fully saturated rings. The molecule has 0 aromatic heterocycles. The van der Waals surface area contributed by atoms with Gasteiger partial charge in [-0.25, -0.2) is 0 Å². The van der Waals surface area contributed by atoms with Crippen LogP contribution in [-0.4, -0.2) is 23.9 Å². The van der Waals surface area contributed by atoms with Gasteiger partial charge in [0, 0.05) is 26.1 Å². The fourth-order valence-corrected chi connectivity index (χ4v) is 3.18. The molecule has 1 aliphatic heterocycles. The summed E-state index contributed by atoms with van der Waals surface area (Å²) < 4.78 is 0. The second-order valence-electron chi connectivity index (χ2n) is 5.61. The molecule has 120 valence electrons. The first kappa shape index (κ1) is 16.2. The molecule has 1 amide bonds. The number of anilines is 1. The Labute approximate surface area is 146 Å². The molecule has 0 saturated heterocycles. The minimum absolute atomic E-state index is 0.158. The molecular weight excluding hydrogens is 331 g/mol. The number of halogens is 2. The quantitative estimate of drug-likeness (QED) is 0.888. The summed E-state index contributed by atoms with van der Waals surface area (Å²) in [5, 5.41) is 4.18. The highest BCUT2D eigenvalue weighted by Gasteiger charge is 2.19. The Bertz CT molecular complexity index is 718. The zero-order valence-corrected chi connectivity index (χ0v) is 14.2. The maximum absolute atomic E-state index is 12.4. The number of carbonyl (C=O) groups is 1. The predicted molar refractivity (Wildman–Crippen MR) is 95.1 cm³/mol. The molecular formula is C18H18Cl2N2O. The molecule has 1 heterocycles. The summed E-state index contributed by atoms with van der Waals surface area (Å²) in [5.41, 5.74) is 3.36. The van der Waals surface area contributed by atoms with Crippen LogP contribution in [0.2, 0.25) is 10.0 Å². The number of nitrogens with zero attached hydrogens (tertiary/aromatic N) is 1. The summed E-state index contributed by atoms with van der Waals surface area (Å²) in [4.78, 5) is 14.3. The van der Waals surface area contributed by atoms with Gasteiger partial charge in [0.05, 0.1) is 15.7 Å². The van der Waals surface area contributed by atoms with E-state index in [0.717, 1.165) is 18.7 Å². The van der Waals surface area contributed by atoms with Crippen LogP contribution in [0.25, 0.3) is 0 Å². The van der Waals surface area contributed by atoms with E-state index in [4.69, 9.17) is 23.2 Å². The van der Waals surface area contributed by atoms with E-state index >= 15 is 0 Å². The van der Waals surface area contributed by atoms with E-state index in [1.165, 1.54) is 11.1 Å². The van der Waals surface area contributed by atoms with Crippen LogP contribution in [0.15, 0.2) is 42.5 Å². The van der Waals surface area contributed by atoms with Crippen LogP contribution in [0.3, 0.4) is 0 Å². The van der Waals surface area contributed by atoms with Crippen molar-refractivity contribution in [3.8, 4) is 0 Å². The highest BCUT2D eigenvalue weighted by Crippen LogP contribution is 2.29. The molecule has 0 bridgehead atoms. The molecule has 1 aliphatic rings. The van der Waals surface area contributed by atoms with E-state index in [1.54, 1.807) is 6.07 Å². The van der Waals surface area contributed by atoms with Gasteiger partial charge in [-0.1, -0.05) is 53.5 Å². The Morgan fingerprint density at radius 2 is 1.87 bits per heavy atom. The molecule has 0 saturated carbocycles.